The standard InChI is InChI=1S/C16H15F3N2O3/c1-21(8-13(20)22)15(23)10-4-3-9-5-6-12(24-2)14(11(9)7-10)16(17,18)19/h3-7H,8H2,1-2H3,(H2,20,22). The Bertz CT molecular complexity index is 803. The van der Waals surface area contributed by atoms with Crippen LogP contribution in [0.3, 0.4) is 0 Å². The Morgan fingerprint density at radius 1 is 1.21 bits per heavy atom. The van der Waals surface area contributed by atoms with Gasteiger partial charge in [-0.25, -0.2) is 0 Å². The van der Waals surface area contributed by atoms with Crippen molar-refractivity contribution >= 4 is 22.6 Å². The molecule has 0 heterocycles. The smallest absolute Gasteiger partial charge is 0.420 e. The van der Waals surface area contributed by atoms with E-state index in [0.29, 0.717) is 5.39 Å². The molecule has 0 unspecified atom stereocenters. The predicted octanol–water partition coefficient (Wildman–Crippen LogP) is 2.42. The maximum atomic E-state index is 13.4. The van der Waals surface area contributed by atoms with Crippen LogP contribution < -0.4 is 10.5 Å². The van der Waals surface area contributed by atoms with Crippen molar-refractivity contribution in [3.05, 3.63) is 41.5 Å². The third-order valence-corrected chi connectivity index (χ3v) is 3.47. The second-order valence-electron chi connectivity index (χ2n) is 5.20. The zero-order valence-corrected chi connectivity index (χ0v) is 13.0. The van der Waals surface area contributed by atoms with Crippen LogP contribution in [0.15, 0.2) is 30.3 Å². The van der Waals surface area contributed by atoms with Crippen LogP contribution in [0.2, 0.25) is 0 Å². The van der Waals surface area contributed by atoms with Crippen molar-refractivity contribution in [2.24, 2.45) is 5.73 Å². The van der Waals surface area contributed by atoms with Gasteiger partial charge in [0.25, 0.3) is 5.91 Å². The Labute approximate surface area is 135 Å². The van der Waals surface area contributed by atoms with E-state index in [-0.39, 0.29) is 23.2 Å². The minimum absolute atomic E-state index is 0.0185. The summed E-state index contributed by atoms with van der Waals surface area (Å²) >= 11 is 0. The molecule has 0 saturated carbocycles. The highest BCUT2D eigenvalue weighted by Crippen LogP contribution is 2.41. The van der Waals surface area contributed by atoms with Gasteiger partial charge < -0.3 is 15.4 Å². The first kappa shape index (κ1) is 17.6. The number of methoxy groups -OCH3 is 1. The summed E-state index contributed by atoms with van der Waals surface area (Å²) in [5.74, 6) is -1.65. The molecule has 0 aliphatic carbocycles. The van der Waals surface area contributed by atoms with Crippen LogP contribution in [0.4, 0.5) is 13.2 Å². The van der Waals surface area contributed by atoms with E-state index >= 15 is 0 Å². The second-order valence-corrected chi connectivity index (χ2v) is 5.20. The second kappa shape index (κ2) is 6.38. The number of hydrogen-bond acceptors (Lipinski definition) is 3. The fraction of sp³-hybridized carbons (Fsp3) is 0.250. The fourth-order valence-electron chi connectivity index (χ4n) is 2.42. The van der Waals surface area contributed by atoms with Crippen molar-refractivity contribution < 1.29 is 27.5 Å². The van der Waals surface area contributed by atoms with Crippen molar-refractivity contribution in [2.45, 2.75) is 6.18 Å². The molecule has 0 saturated heterocycles. The average molecular weight is 340 g/mol. The maximum absolute atomic E-state index is 13.4. The molecule has 0 atom stereocenters. The molecule has 2 amide bonds. The number of primary amides is 1. The third-order valence-electron chi connectivity index (χ3n) is 3.47. The van der Waals surface area contributed by atoms with E-state index in [1.807, 2.05) is 0 Å². The van der Waals surface area contributed by atoms with Crippen molar-refractivity contribution in [3.8, 4) is 5.75 Å². The summed E-state index contributed by atoms with van der Waals surface area (Å²) in [6, 6.07) is 6.65. The first-order valence-corrected chi connectivity index (χ1v) is 6.87. The van der Waals surface area contributed by atoms with Gasteiger partial charge in [0, 0.05) is 12.6 Å². The van der Waals surface area contributed by atoms with Gasteiger partial charge in [0.05, 0.1) is 13.7 Å². The van der Waals surface area contributed by atoms with Gasteiger partial charge in [-0.3, -0.25) is 9.59 Å². The van der Waals surface area contributed by atoms with Gasteiger partial charge in [0.2, 0.25) is 5.91 Å². The van der Waals surface area contributed by atoms with Crippen LogP contribution >= 0.6 is 0 Å². The van der Waals surface area contributed by atoms with E-state index in [2.05, 4.69) is 0 Å². The molecule has 24 heavy (non-hydrogen) atoms. The van der Waals surface area contributed by atoms with Crippen LogP contribution in [-0.4, -0.2) is 37.4 Å². The number of alkyl halides is 3. The maximum Gasteiger partial charge on any atom is 0.420 e. The number of carbonyl (C=O) groups is 2. The molecule has 0 fully saturated rings. The summed E-state index contributed by atoms with van der Waals surface area (Å²) in [6.45, 7) is -0.332. The summed E-state index contributed by atoms with van der Waals surface area (Å²) in [5.41, 5.74) is 4.09. The summed E-state index contributed by atoms with van der Waals surface area (Å²) in [5, 5.41) is 0.164. The van der Waals surface area contributed by atoms with Crippen molar-refractivity contribution in [3.63, 3.8) is 0 Å². The van der Waals surface area contributed by atoms with Gasteiger partial charge in [-0.1, -0.05) is 12.1 Å². The van der Waals surface area contributed by atoms with E-state index in [0.717, 1.165) is 18.1 Å². The Morgan fingerprint density at radius 3 is 2.38 bits per heavy atom. The molecule has 0 aliphatic heterocycles. The van der Waals surface area contributed by atoms with Crippen LogP contribution in [0.25, 0.3) is 10.8 Å². The first-order valence-electron chi connectivity index (χ1n) is 6.87. The van der Waals surface area contributed by atoms with Crippen molar-refractivity contribution in [2.75, 3.05) is 20.7 Å². The number of fused-ring (bicyclic) bond motifs is 1. The molecule has 2 rings (SSSR count). The minimum atomic E-state index is -4.65. The van der Waals surface area contributed by atoms with E-state index in [1.54, 1.807) is 0 Å². The SMILES string of the molecule is COc1ccc2ccc(C(=O)N(C)CC(N)=O)cc2c1C(F)(F)F. The number of amides is 2. The van der Waals surface area contributed by atoms with Gasteiger partial charge in [0.1, 0.15) is 11.3 Å². The van der Waals surface area contributed by atoms with Gasteiger partial charge in [-0.15, -0.1) is 0 Å². The van der Waals surface area contributed by atoms with Gasteiger partial charge in [0.15, 0.2) is 0 Å². The molecular weight excluding hydrogens is 325 g/mol. The molecule has 0 radical (unpaired) electrons. The van der Waals surface area contributed by atoms with E-state index in [9.17, 15) is 22.8 Å². The third kappa shape index (κ3) is 3.42. The highest BCUT2D eigenvalue weighted by atomic mass is 19.4. The summed E-state index contributed by atoms with van der Waals surface area (Å²) < 4.78 is 45.0. The topological polar surface area (TPSA) is 72.6 Å². The van der Waals surface area contributed by atoms with Crippen molar-refractivity contribution in [1.29, 1.82) is 0 Å². The summed E-state index contributed by atoms with van der Waals surface area (Å²) in [4.78, 5) is 24.2. The molecule has 0 spiro atoms. The molecule has 2 aromatic rings. The monoisotopic (exact) mass is 340 g/mol. The Hall–Kier alpha value is -2.77. The number of carbonyl (C=O) groups excluding carboxylic acids is 2. The number of benzene rings is 2. The largest absolute Gasteiger partial charge is 0.496 e. The number of ether oxygens (including phenoxy) is 1. The number of nitrogens with zero attached hydrogens (tertiary/aromatic N) is 1. The molecule has 0 aromatic heterocycles. The zero-order chi connectivity index (χ0) is 18.1. The lowest BCUT2D eigenvalue weighted by Crippen LogP contribution is -2.35. The molecule has 2 aromatic carbocycles. The first-order chi connectivity index (χ1) is 11.1. The Kier molecular flexibility index (Phi) is 4.68. The lowest BCUT2D eigenvalue weighted by molar-refractivity contribution is -0.137. The molecule has 0 bridgehead atoms. The molecular formula is C16H15F3N2O3. The molecule has 128 valence electrons. The Balaban J connectivity index is 2.61. The Morgan fingerprint density at radius 2 is 1.83 bits per heavy atom. The quantitative estimate of drug-likeness (QED) is 0.929. The lowest BCUT2D eigenvalue weighted by Gasteiger charge is -2.18. The van der Waals surface area contributed by atoms with Crippen LogP contribution in [0.1, 0.15) is 15.9 Å². The van der Waals surface area contributed by atoms with Crippen LogP contribution in [0, 0.1) is 0 Å². The van der Waals surface area contributed by atoms with Crippen LogP contribution in [-0.2, 0) is 11.0 Å². The normalized spacial score (nSPS) is 11.4. The number of likely N-dealkylation sites (N-methyl/N-ethyl adjacent to an activating group) is 1. The summed E-state index contributed by atoms with van der Waals surface area (Å²) in [7, 11) is 2.49. The highest BCUT2D eigenvalue weighted by Gasteiger charge is 2.36. The van der Waals surface area contributed by atoms with Crippen molar-refractivity contribution in [1.82, 2.24) is 4.90 Å². The fourth-order valence-corrected chi connectivity index (χ4v) is 2.42. The van der Waals surface area contributed by atoms with Gasteiger partial charge >= 0.3 is 6.18 Å². The number of rotatable bonds is 4. The number of nitrogens with two attached hydrogens (primary N) is 1. The molecule has 5 nitrogen and oxygen atoms in total. The van der Waals surface area contributed by atoms with Gasteiger partial charge in [-0.05, 0) is 29.0 Å². The molecule has 2 N–H and O–H groups in total. The number of hydrogen-bond donors (Lipinski definition) is 1. The minimum Gasteiger partial charge on any atom is -0.496 e. The highest BCUT2D eigenvalue weighted by molar-refractivity contribution is 6.01. The average Bonchev–Trinajstić information content (AvgIpc) is 2.50. The molecule has 0 aliphatic rings. The lowest BCUT2D eigenvalue weighted by atomic mass is 10.00. The van der Waals surface area contributed by atoms with Crippen LogP contribution in [0.5, 0.6) is 5.75 Å². The summed E-state index contributed by atoms with van der Waals surface area (Å²) in [6.07, 6.45) is -4.65. The van der Waals surface area contributed by atoms with E-state index < -0.39 is 23.6 Å². The van der Waals surface area contributed by atoms with E-state index in [4.69, 9.17) is 10.5 Å². The van der Waals surface area contributed by atoms with Gasteiger partial charge in [-0.2, -0.15) is 13.2 Å². The molecule has 8 heteroatoms. The zero-order valence-electron chi connectivity index (χ0n) is 13.0. The number of halogens is 3. The predicted molar refractivity (Wildman–Crippen MR) is 81.7 cm³/mol. The van der Waals surface area contributed by atoms with E-state index in [1.165, 1.54) is 31.3 Å².